The molecule has 2 N–H and O–H groups in total. The van der Waals surface area contributed by atoms with Gasteiger partial charge in [0, 0.05) is 5.56 Å². The van der Waals surface area contributed by atoms with E-state index in [2.05, 4.69) is 20.8 Å². The zero-order chi connectivity index (χ0) is 14.2. The van der Waals surface area contributed by atoms with Crippen LogP contribution < -0.4 is 0 Å². The van der Waals surface area contributed by atoms with Gasteiger partial charge in [-0.3, -0.25) is 0 Å². The molecule has 0 aromatic heterocycles. The molecule has 1 aliphatic rings. The van der Waals surface area contributed by atoms with Gasteiger partial charge in [0.05, 0.1) is 0 Å². The monoisotopic (exact) mass is 262 g/mol. The Labute approximate surface area is 116 Å². The average molecular weight is 262 g/mol. The Kier molecular flexibility index (Phi) is 4.07. The van der Waals surface area contributed by atoms with Crippen molar-refractivity contribution in [3.05, 3.63) is 23.3 Å². The fourth-order valence-corrected chi connectivity index (χ4v) is 3.67. The Morgan fingerprint density at radius 2 is 1.68 bits per heavy atom. The van der Waals surface area contributed by atoms with Crippen LogP contribution in [-0.2, 0) is 0 Å². The summed E-state index contributed by atoms with van der Waals surface area (Å²) in [5.74, 6) is 2.61. The molecule has 2 heteroatoms. The van der Waals surface area contributed by atoms with E-state index in [0.717, 1.165) is 17.5 Å². The number of aromatic hydroxyl groups is 2. The van der Waals surface area contributed by atoms with Gasteiger partial charge in [0.1, 0.15) is 11.5 Å². The number of phenolic OH excluding ortho intramolecular Hbond substituents is 2. The molecule has 0 aliphatic heterocycles. The van der Waals surface area contributed by atoms with Crippen molar-refractivity contribution >= 4 is 0 Å². The molecule has 1 aliphatic carbocycles. The van der Waals surface area contributed by atoms with Crippen molar-refractivity contribution in [2.45, 2.75) is 52.9 Å². The predicted molar refractivity (Wildman–Crippen MR) is 78.6 cm³/mol. The minimum Gasteiger partial charge on any atom is -0.508 e. The molecule has 0 spiro atoms. The molecule has 1 aromatic rings. The van der Waals surface area contributed by atoms with Crippen LogP contribution in [0, 0.1) is 24.7 Å². The van der Waals surface area contributed by atoms with E-state index >= 15 is 0 Å². The van der Waals surface area contributed by atoms with Crippen LogP contribution >= 0.6 is 0 Å². The van der Waals surface area contributed by atoms with Crippen LogP contribution in [0.5, 0.6) is 11.5 Å². The molecule has 1 saturated carbocycles. The Hall–Kier alpha value is -1.18. The summed E-state index contributed by atoms with van der Waals surface area (Å²) in [6, 6.07) is 3.54. The van der Waals surface area contributed by atoms with Crippen molar-refractivity contribution in [2.24, 2.45) is 17.8 Å². The molecule has 0 heterocycles. The van der Waals surface area contributed by atoms with Crippen molar-refractivity contribution in [3.63, 3.8) is 0 Å². The summed E-state index contributed by atoms with van der Waals surface area (Å²) in [7, 11) is 0. The molecule has 1 fully saturated rings. The van der Waals surface area contributed by atoms with Crippen LogP contribution in [0.2, 0.25) is 0 Å². The number of phenols is 2. The van der Waals surface area contributed by atoms with E-state index in [0.29, 0.717) is 17.8 Å². The standard InChI is InChI=1S/C17H26O2/c1-10(2)13-6-5-11(3)7-14(13)17-15(18)8-12(4)9-16(17)19/h8-11,13-14,18-19H,5-7H2,1-4H3/t11-,13?,14?/m1/s1. The van der Waals surface area contributed by atoms with Crippen molar-refractivity contribution in [2.75, 3.05) is 0 Å². The third kappa shape index (κ3) is 2.88. The van der Waals surface area contributed by atoms with Gasteiger partial charge in [0.25, 0.3) is 0 Å². The van der Waals surface area contributed by atoms with E-state index in [1.165, 1.54) is 12.8 Å². The van der Waals surface area contributed by atoms with Gasteiger partial charge in [-0.1, -0.05) is 27.2 Å². The summed E-state index contributed by atoms with van der Waals surface area (Å²) in [6.45, 7) is 8.66. The third-order valence-corrected chi connectivity index (χ3v) is 4.67. The first-order chi connectivity index (χ1) is 8.90. The van der Waals surface area contributed by atoms with Gasteiger partial charge >= 0.3 is 0 Å². The second-order valence-electron chi connectivity index (χ2n) is 6.65. The van der Waals surface area contributed by atoms with Crippen LogP contribution in [0.4, 0.5) is 0 Å². The zero-order valence-electron chi connectivity index (χ0n) is 12.5. The Morgan fingerprint density at radius 1 is 1.11 bits per heavy atom. The number of aryl methyl sites for hydroxylation is 1. The fourth-order valence-electron chi connectivity index (χ4n) is 3.67. The minimum absolute atomic E-state index is 0.266. The van der Waals surface area contributed by atoms with Crippen LogP contribution in [0.3, 0.4) is 0 Å². The summed E-state index contributed by atoms with van der Waals surface area (Å²) in [5, 5.41) is 20.5. The molecule has 0 saturated heterocycles. The number of hydrogen-bond acceptors (Lipinski definition) is 2. The summed E-state index contributed by atoms with van der Waals surface area (Å²) in [5.41, 5.74) is 1.68. The molecule has 0 amide bonds. The molecule has 2 rings (SSSR count). The SMILES string of the molecule is Cc1cc(O)c(C2C[C@H](C)CCC2C(C)C)c(O)c1. The molecule has 0 radical (unpaired) electrons. The first-order valence-electron chi connectivity index (χ1n) is 7.42. The smallest absolute Gasteiger partial charge is 0.123 e. The highest BCUT2D eigenvalue weighted by atomic mass is 16.3. The van der Waals surface area contributed by atoms with Crippen molar-refractivity contribution in [1.82, 2.24) is 0 Å². The molecule has 1 aromatic carbocycles. The first kappa shape index (κ1) is 14.2. The molecular weight excluding hydrogens is 236 g/mol. The molecule has 19 heavy (non-hydrogen) atoms. The molecule has 2 unspecified atom stereocenters. The number of rotatable bonds is 2. The lowest BCUT2D eigenvalue weighted by molar-refractivity contribution is 0.192. The van der Waals surface area contributed by atoms with Gasteiger partial charge in [0.15, 0.2) is 0 Å². The first-order valence-corrected chi connectivity index (χ1v) is 7.42. The lowest BCUT2D eigenvalue weighted by Crippen LogP contribution is -2.26. The van der Waals surface area contributed by atoms with Gasteiger partial charge in [-0.25, -0.2) is 0 Å². The highest BCUT2D eigenvalue weighted by Crippen LogP contribution is 2.49. The van der Waals surface area contributed by atoms with Crippen LogP contribution in [0.1, 0.15) is 57.1 Å². The van der Waals surface area contributed by atoms with Gasteiger partial charge in [-0.15, -0.1) is 0 Å². The minimum atomic E-state index is 0.266. The highest BCUT2D eigenvalue weighted by molar-refractivity contribution is 5.48. The zero-order valence-corrected chi connectivity index (χ0v) is 12.5. The average Bonchev–Trinajstić information content (AvgIpc) is 2.27. The maximum atomic E-state index is 10.3. The van der Waals surface area contributed by atoms with E-state index in [4.69, 9.17) is 0 Å². The molecule has 106 valence electrons. The van der Waals surface area contributed by atoms with Gasteiger partial charge in [0.2, 0.25) is 0 Å². The van der Waals surface area contributed by atoms with Crippen molar-refractivity contribution < 1.29 is 10.2 Å². The van der Waals surface area contributed by atoms with Crippen LogP contribution in [-0.4, -0.2) is 10.2 Å². The molecule has 3 atom stereocenters. The van der Waals surface area contributed by atoms with Gasteiger partial charge in [-0.2, -0.15) is 0 Å². The summed E-state index contributed by atoms with van der Waals surface area (Å²) >= 11 is 0. The van der Waals surface area contributed by atoms with E-state index in [1.807, 2.05) is 6.92 Å². The third-order valence-electron chi connectivity index (χ3n) is 4.67. The molecule has 0 bridgehead atoms. The van der Waals surface area contributed by atoms with E-state index in [-0.39, 0.29) is 17.4 Å². The normalized spacial score (nSPS) is 27.7. The topological polar surface area (TPSA) is 40.5 Å². The Bertz CT molecular complexity index is 428. The number of hydrogen-bond donors (Lipinski definition) is 2. The maximum absolute atomic E-state index is 10.3. The van der Waals surface area contributed by atoms with Crippen molar-refractivity contribution in [1.29, 1.82) is 0 Å². The van der Waals surface area contributed by atoms with E-state index in [1.54, 1.807) is 12.1 Å². The summed E-state index contributed by atoms with van der Waals surface area (Å²) in [4.78, 5) is 0. The summed E-state index contributed by atoms with van der Waals surface area (Å²) in [6.07, 6.45) is 3.51. The quantitative estimate of drug-likeness (QED) is 0.819. The van der Waals surface area contributed by atoms with E-state index < -0.39 is 0 Å². The maximum Gasteiger partial charge on any atom is 0.123 e. The van der Waals surface area contributed by atoms with Gasteiger partial charge in [-0.05, 0) is 61.1 Å². The van der Waals surface area contributed by atoms with E-state index in [9.17, 15) is 10.2 Å². The second kappa shape index (κ2) is 5.44. The fraction of sp³-hybridized carbons (Fsp3) is 0.647. The lowest BCUT2D eigenvalue weighted by Gasteiger charge is -2.38. The second-order valence-corrected chi connectivity index (χ2v) is 6.65. The Morgan fingerprint density at radius 3 is 2.21 bits per heavy atom. The predicted octanol–water partition coefficient (Wildman–Crippen LogP) is 4.58. The summed E-state index contributed by atoms with van der Waals surface area (Å²) < 4.78 is 0. The van der Waals surface area contributed by atoms with Gasteiger partial charge < -0.3 is 10.2 Å². The van der Waals surface area contributed by atoms with Crippen molar-refractivity contribution in [3.8, 4) is 11.5 Å². The largest absolute Gasteiger partial charge is 0.508 e. The highest BCUT2D eigenvalue weighted by Gasteiger charge is 2.34. The molecular formula is C17H26O2. The number of benzene rings is 1. The lowest BCUT2D eigenvalue weighted by atomic mass is 9.67. The van der Waals surface area contributed by atoms with Crippen LogP contribution in [0.15, 0.2) is 12.1 Å². The molecule has 2 nitrogen and oxygen atoms in total. The van der Waals surface area contributed by atoms with Crippen LogP contribution in [0.25, 0.3) is 0 Å². The Balaban J connectivity index is 2.42.